The Kier molecular flexibility index (Phi) is 3.24. The summed E-state index contributed by atoms with van der Waals surface area (Å²) in [5, 5.41) is 3.47. The minimum atomic E-state index is -0.0192. The first-order valence-electron chi connectivity index (χ1n) is 6.21. The van der Waals surface area contributed by atoms with Gasteiger partial charge in [-0.05, 0) is 29.3 Å². The molecule has 4 nitrogen and oxygen atoms in total. The van der Waals surface area contributed by atoms with E-state index in [2.05, 4.69) is 5.32 Å². The van der Waals surface area contributed by atoms with E-state index in [0.717, 1.165) is 16.8 Å². The molecule has 0 fully saturated rings. The van der Waals surface area contributed by atoms with Crippen molar-refractivity contribution in [3.63, 3.8) is 0 Å². The molecule has 1 aliphatic heterocycles. The van der Waals surface area contributed by atoms with Crippen LogP contribution < -0.4 is 15.8 Å². The van der Waals surface area contributed by atoms with Crippen molar-refractivity contribution in [2.24, 2.45) is 0 Å². The molecular weight excluding hydrogens is 276 g/mol. The number of hydrogen-bond donors (Lipinski definition) is 2. The van der Waals surface area contributed by atoms with Crippen molar-refractivity contribution in [1.82, 2.24) is 0 Å². The molecule has 1 aliphatic rings. The summed E-state index contributed by atoms with van der Waals surface area (Å²) in [5.74, 6) is 0.551. The predicted octanol–water partition coefficient (Wildman–Crippen LogP) is 3.00. The van der Waals surface area contributed by atoms with Gasteiger partial charge in [-0.3, -0.25) is 4.79 Å². The second kappa shape index (κ2) is 5.06. The lowest BCUT2D eigenvalue weighted by atomic mass is 10.1. The number of halogens is 1. The fraction of sp³-hybridized carbons (Fsp3) is 0.133. The Morgan fingerprint density at radius 2 is 2.00 bits per heavy atom. The fourth-order valence-corrected chi connectivity index (χ4v) is 2.27. The van der Waals surface area contributed by atoms with Crippen LogP contribution in [0.15, 0.2) is 36.4 Å². The first-order chi connectivity index (χ1) is 9.61. The van der Waals surface area contributed by atoms with Crippen molar-refractivity contribution >= 4 is 28.9 Å². The molecule has 0 unspecified atom stereocenters. The Bertz CT molecular complexity index is 668. The van der Waals surface area contributed by atoms with Crippen LogP contribution in [0.3, 0.4) is 0 Å². The van der Waals surface area contributed by atoms with E-state index in [-0.39, 0.29) is 5.91 Å². The molecule has 0 bridgehead atoms. The summed E-state index contributed by atoms with van der Waals surface area (Å²) in [6.07, 6.45) is 0.372. The third kappa shape index (κ3) is 2.56. The van der Waals surface area contributed by atoms with Gasteiger partial charge in [0.25, 0.3) is 0 Å². The number of ether oxygens (including phenoxy) is 1. The molecule has 1 amide bonds. The van der Waals surface area contributed by atoms with E-state index in [9.17, 15) is 4.79 Å². The number of carbonyl (C=O) groups excluding carboxylic acids is 1. The number of benzene rings is 2. The molecule has 0 radical (unpaired) electrons. The smallest absolute Gasteiger partial charge is 0.228 e. The topological polar surface area (TPSA) is 64.3 Å². The van der Waals surface area contributed by atoms with Crippen LogP contribution in [0.25, 0.3) is 0 Å². The van der Waals surface area contributed by atoms with Gasteiger partial charge in [-0.25, -0.2) is 0 Å². The highest BCUT2D eigenvalue weighted by atomic mass is 35.5. The van der Waals surface area contributed by atoms with Crippen molar-refractivity contribution in [3.8, 4) is 5.75 Å². The Morgan fingerprint density at radius 3 is 2.75 bits per heavy atom. The third-order valence-corrected chi connectivity index (χ3v) is 3.42. The van der Waals surface area contributed by atoms with Gasteiger partial charge >= 0.3 is 0 Å². The van der Waals surface area contributed by atoms with Crippen molar-refractivity contribution in [2.45, 2.75) is 13.0 Å². The van der Waals surface area contributed by atoms with Gasteiger partial charge in [-0.2, -0.15) is 0 Å². The molecule has 0 aliphatic carbocycles. The van der Waals surface area contributed by atoms with Gasteiger partial charge in [-0.1, -0.05) is 23.7 Å². The summed E-state index contributed by atoms with van der Waals surface area (Å²) in [5.41, 5.74) is 9.16. The zero-order valence-electron chi connectivity index (χ0n) is 10.7. The van der Waals surface area contributed by atoms with Crippen molar-refractivity contribution in [1.29, 1.82) is 0 Å². The second-order valence-electron chi connectivity index (χ2n) is 4.69. The lowest BCUT2D eigenvalue weighted by molar-refractivity contribution is -0.115. The van der Waals surface area contributed by atoms with E-state index in [0.29, 0.717) is 29.5 Å². The molecule has 5 heteroatoms. The number of fused-ring (bicyclic) bond motifs is 1. The first-order valence-corrected chi connectivity index (χ1v) is 6.59. The van der Waals surface area contributed by atoms with Gasteiger partial charge in [0.2, 0.25) is 5.91 Å². The van der Waals surface area contributed by atoms with Crippen LogP contribution in [0.4, 0.5) is 11.4 Å². The van der Waals surface area contributed by atoms with E-state index in [4.69, 9.17) is 22.1 Å². The van der Waals surface area contributed by atoms with Crippen LogP contribution in [0, 0.1) is 0 Å². The molecule has 0 atom stereocenters. The molecule has 2 aromatic carbocycles. The average Bonchev–Trinajstić information content (AvgIpc) is 2.77. The monoisotopic (exact) mass is 288 g/mol. The highest BCUT2D eigenvalue weighted by Crippen LogP contribution is 2.33. The largest absolute Gasteiger partial charge is 0.487 e. The van der Waals surface area contributed by atoms with Crippen LogP contribution >= 0.6 is 11.6 Å². The van der Waals surface area contributed by atoms with Crippen LogP contribution in [0.1, 0.15) is 11.1 Å². The third-order valence-electron chi connectivity index (χ3n) is 3.17. The quantitative estimate of drug-likeness (QED) is 0.853. The number of nitrogen functional groups attached to an aromatic ring is 1. The second-order valence-corrected chi connectivity index (χ2v) is 5.12. The van der Waals surface area contributed by atoms with E-state index < -0.39 is 0 Å². The van der Waals surface area contributed by atoms with Crippen LogP contribution in [-0.2, 0) is 17.8 Å². The number of nitrogens with one attached hydrogen (secondary N) is 1. The maximum absolute atomic E-state index is 11.3. The summed E-state index contributed by atoms with van der Waals surface area (Å²) >= 11 is 5.83. The van der Waals surface area contributed by atoms with Crippen molar-refractivity contribution < 1.29 is 9.53 Å². The van der Waals surface area contributed by atoms with E-state index >= 15 is 0 Å². The summed E-state index contributed by atoms with van der Waals surface area (Å²) in [4.78, 5) is 11.3. The van der Waals surface area contributed by atoms with Crippen molar-refractivity contribution in [3.05, 3.63) is 52.5 Å². The summed E-state index contributed by atoms with van der Waals surface area (Å²) < 4.78 is 5.70. The van der Waals surface area contributed by atoms with Gasteiger partial charge < -0.3 is 15.8 Å². The zero-order chi connectivity index (χ0) is 14.1. The number of amides is 1. The van der Waals surface area contributed by atoms with E-state index in [1.807, 2.05) is 24.3 Å². The zero-order valence-corrected chi connectivity index (χ0v) is 11.4. The SMILES string of the molecule is Nc1cc2c(cc1OCc1ccc(Cl)cc1)NC(=O)C2. The maximum Gasteiger partial charge on any atom is 0.228 e. The van der Waals surface area contributed by atoms with Crippen molar-refractivity contribution in [2.75, 3.05) is 11.1 Å². The lowest BCUT2D eigenvalue weighted by Gasteiger charge is -2.11. The summed E-state index contributed by atoms with van der Waals surface area (Å²) in [6, 6.07) is 11.0. The van der Waals surface area contributed by atoms with Gasteiger partial charge in [0.15, 0.2) is 0 Å². The van der Waals surface area contributed by atoms with Gasteiger partial charge in [0.1, 0.15) is 12.4 Å². The summed E-state index contributed by atoms with van der Waals surface area (Å²) in [7, 11) is 0. The fourth-order valence-electron chi connectivity index (χ4n) is 2.14. The highest BCUT2D eigenvalue weighted by Gasteiger charge is 2.19. The molecule has 3 N–H and O–H groups in total. The molecule has 0 spiro atoms. The molecule has 2 aromatic rings. The lowest BCUT2D eigenvalue weighted by Crippen LogP contribution is -2.03. The molecule has 20 heavy (non-hydrogen) atoms. The van der Waals surface area contributed by atoms with Gasteiger partial charge in [0, 0.05) is 16.8 Å². The average molecular weight is 289 g/mol. The van der Waals surface area contributed by atoms with Gasteiger partial charge in [-0.15, -0.1) is 0 Å². The summed E-state index contributed by atoms with van der Waals surface area (Å²) in [6.45, 7) is 0.397. The minimum absolute atomic E-state index is 0.0192. The van der Waals surface area contributed by atoms with E-state index in [1.54, 1.807) is 12.1 Å². The highest BCUT2D eigenvalue weighted by molar-refractivity contribution is 6.30. The molecule has 1 heterocycles. The minimum Gasteiger partial charge on any atom is -0.487 e. The van der Waals surface area contributed by atoms with Crippen LogP contribution in [-0.4, -0.2) is 5.91 Å². The standard InChI is InChI=1S/C15H13ClN2O2/c16-11-3-1-9(2-4-11)8-20-14-7-13-10(5-12(14)17)6-15(19)18-13/h1-5,7H,6,8,17H2,(H,18,19). The van der Waals surface area contributed by atoms with Gasteiger partial charge in [0.05, 0.1) is 12.1 Å². The first kappa shape index (κ1) is 12.8. The maximum atomic E-state index is 11.3. The molecule has 0 aromatic heterocycles. The van der Waals surface area contributed by atoms with Crippen LogP contribution in [0.5, 0.6) is 5.75 Å². The number of hydrogen-bond acceptors (Lipinski definition) is 3. The molecule has 0 saturated carbocycles. The normalized spacial score (nSPS) is 12.9. The predicted molar refractivity (Wildman–Crippen MR) is 79.0 cm³/mol. The van der Waals surface area contributed by atoms with Crippen LogP contribution in [0.2, 0.25) is 5.02 Å². The Balaban J connectivity index is 1.76. The molecule has 102 valence electrons. The number of carbonyl (C=O) groups is 1. The Labute approximate surface area is 121 Å². The van der Waals surface area contributed by atoms with E-state index in [1.165, 1.54) is 0 Å². The number of anilines is 2. The number of nitrogens with two attached hydrogens (primary N) is 1. The molecule has 3 rings (SSSR count). The molecular formula is C15H13ClN2O2. The molecule has 0 saturated heterocycles. The Morgan fingerprint density at radius 1 is 1.25 bits per heavy atom. The Hall–Kier alpha value is -2.20. The number of rotatable bonds is 3.